The zero-order valence-corrected chi connectivity index (χ0v) is 12.5. The van der Waals surface area contributed by atoms with Crippen molar-refractivity contribution in [1.29, 1.82) is 0 Å². The molecule has 0 aromatic carbocycles. The van der Waals surface area contributed by atoms with Gasteiger partial charge in [0.15, 0.2) is 5.75 Å². The summed E-state index contributed by atoms with van der Waals surface area (Å²) in [5.41, 5.74) is 0.457. The van der Waals surface area contributed by atoms with Crippen molar-refractivity contribution in [2.45, 2.75) is 39.3 Å². The summed E-state index contributed by atoms with van der Waals surface area (Å²) in [7, 11) is 0. The van der Waals surface area contributed by atoms with Gasteiger partial charge in [0.25, 0.3) is 0 Å². The number of ether oxygens (including phenoxy) is 2. The van der Waals surface area contributed by atoms with Crippen LogP contribution in [0.25, 0.3) is 0 Å². The SMILES string of the molecule is CC(C)COc1c[nH]c(CNC(=O)C2CCCO2)cc1=O. The summed E-state index contributed by atoms with van der Waals surface area (Å²) in [4.78, 5) is 26.6. The monoisotopic (exact) mass is 294 g/mol. The Morgan fingerprint density at radius 2 is 2.38 bits per heavy atom. The number of carbonyl (C=O) groups is 1. The van der Waals surface area contributed by atoms with E-state index in [1.54, 1.807) is 0 Å². The molecule has 0 aliphatic carbocycles. The van der Waals surface area contributed by atoms with E-state index in [9.17, 15) is 9.59 Å². The zero-order chi connectivity index (χ0) is 15.2. The summed E-state index contributed by atoms with van der Waals surface area (Å²) in [5.74, 6) is 0.529. The highest BCUT2D eigenvalue weighted by Crippen LogP contribution is 2.12. The lowest BCUT2D eigenvalue weighted by molar-refractivity contribution is -0.130. The second-order valence-electron chi connectivity index (χ2n) is 5.61. The van der Waals surface area contributed by atoms with E-state index in [2.05, 4.69) is 10.3 Å². The Bertz CT molecular complexity index is 533. The molecular weight excluding hydrogens is 272 g/mol. The van der Waals surface area contributed by atoms with E-state index in [0.29, 0.717) is 30.6 Å². The van der Waals surface area contributed by atoms with Crippen LogP contribution in [-0.4, -0.2) is 30.2 Å². The van der Waals surface area contributed by atoms with Crippen molar-refractivity contribution in [2.75, 3.05) is 13.2 Å². The Balaban J connectivity index is 1.87. The van der Waals surface area contributed by atoms with Gasteiger partial charge in [-0.3, -0.25) is 9.59 Å². The molecule has 1 atom stereocenters. The summed E-state index contributed by atoms with van der Waals surface area (Å²) in [6.45, 7) is 5.44. The topological polar surface area (TPSA) is 80.4 Å². The molecule has 0 bridgehead atoms. The number of hydrogen-bond donors (Lipinski definition) is 2. The van der Waals surface area contributed by atoms with Crippen LogP contribution in [0.2, 0.25) is 0 Å². The summed E-state index contributed by atoms with van der Waals surface area (Å²) in [5, 5.41) is 2.76. The van der Waals surface area contributed by atoms with Crippen molar-refractivity contribution >= 4 is 5.91 Å². The molecule has 2 N–H and O–H groups in total. The number of nitrogens with one attached hydrogen (secondary N) is 2. The Labute approximate surface area is 123 Å². The molecule has 1 aliphatic heterocycles. The molecule has 1 saturated heterocycles. The van der Waals surface area contributed by atoms with Crippen LogP contribution in [0.5, 0.6) is 5.75 Å². The highest BCUT2D eigenvalue weighted by atomic mass is 16.5. The van der Waals surface area contributed by atoms with Gasteiger partial charge in [-0.1, -0.05) is 13.8 Å². The van der Waals surface area contributed by atoms with Crippen LogP contribution in [0.15, 0.2) is 17.1 Å². The molecule has 1 aromatic rings. The van der Waals surface area contributed by atoms with Crippen molar-refractivity contribution < 1.29 is 14.3 Å². The number of hydrogen-bond acceptors (Lipinski definition) is 4. The Kier molecular flexibility index (Phi) is 5.38. The van der Waals surface area contributed by atoms with Gasteiger partial charge in [0.1, 0.15) is 6.10 Å². The molecule has 0 saturated carbocycles. The second-order valence-corrected chi connectivity index (χ2v) is 5.61. The van der Waals surface area contributed by atoms with Crippen LogP contribution >= 0.6 is 0 Å². The van der Waals surface area contributed by atoms with Gasteiger partial charge in [0.2, 0.25) is 11.3 Å². The zero-order valence-electron chi connectivity index (χ0n) is 12.5. The summed E-state index contributed by atoms with van der Waals surface area (Å²) in [6, 6.07) is 1.45. The van der Waals surface area contributed by atoms with Crippen LogP contribution in [0, 0.1) is 5.92 Å². The van der Waals surface area contributed by atoms with Gasteiger partial charge in [-0.2, -0.15) is 0 Å². The highest BCUT2D eigenvalue weighted by molar-refractivity contribution is 5.80. The van der Waals surface area contributed by atoms with E-state index >= 15 is 0 Å². The first-order valence-corrected chi connectivity index (χ1v) is 7.30. The molecule has 1 aromatic heterocycles. The Morgan fingerprint density at radius 3 is 3.00 bits per heavy atom. The van der Waals surface area contributed by atoms with Crippen LogP contribution in [0.3, 0.4) is 0 Å². The fraction of sp³-hybridized carbons (Fsp3) is 0.600. The maximum absolute atomic E-state index is 11.9. The average Bonchev–Trinajstić information content (AvgIpc) is 2.97. The Morgan fingerprint density at radius 1 is 1.57 bits per heavy atom. The minimum atomic E-state index is -0.356. The number of aromatic nitrogens is 1. The van der Waals surface area contributed by atoms with Gasteiger partial charge < -0.3 is 19.8 Å². The molecule has 2 heterocycles. The molecule has 1 aliphatic rings. The van der Waals surface area contributed by atoms with E-state index < -0.39 is 0 Å². The first-order valence-electron chi connectivity index (χ1n) is 7.30. The molecule has 1 fully saturated rings. The maximum Gasteiger partial charge on any atom is 0.249 e. The normalized spacial score (nSPS) is 18.0. The second kappa shape index (κ2) is 7.26. The third-order valence-electron chi connectivity index (χ3n) is 3.18. The predicted octanol–water partition coefficient (Wildman–Crippen LogP) is 1.20. The smallest absolute Gasteiger partial charge is 0.249 e. The fourth-order valence-electron chi connectivity index (χ4n) is 2.05. The molecule has 2 rings (SSSR count). The summed E-state index contributed by atoms with van der Waals surface area (Å²) in [6.07, 6.45) is 2.85. The van der Waals surface area contributed by atoms with E-state index in [-0.39, 0.29) is 24.0 Å². The van der Waals surface area contributed by atoms with Gasteiger partial charge in [-0.05, 0) is 18.8 Å². The molecule has 0 spiro atoms. The molecule has 6 heteroatoms. The number of aromatic amines is 1. The molecule has 0 radical (unpaired) electrons. The van der Waals surface area contributed by atoms with Crippen LogP contribution in [-0.2, 0) is 16.1 Å². The van der Waals surface area contributed by atoms with Crippen LogP contribution in [0.1, 0.15) is 32.4 Å². The van der Waals surface area contributed by atoms with Gasteiger partial charge in [0.05, 0.1) is 13.2 Å². The quantitative estimate of drug-likeness (QED) is 0.826. The maximum atomic E-state index is 11.9. The van der Waals surface area contributed by atoms with Gasteiger partial charge >= 0.3 is 0 Å². The van der Waals surface area contributed by atoms with Crippen molar-refractivity contribution in [3.63, 3.8) is 0 Å². The van der Waals surface area contributed by atoms with E-state index in [1.165, 1.54) is 12.3 Å². The van der Waals surface area contributed by atoms with Gasteiger partial charge in [0, 0.05) is 24.6 Å². The van der Waals surface area contributed by atoms with Crippen molar-refractivity contribution in [1.82, 2.24) is 10.3 Å². The average molecular weight is 294 g/mol. The van der Waals surface area contributed by atoms with E-state index in [4.69, 9.17) is 9.47 Å². The fourth-order valence-corrected chi connectivity index (χ4v) is 2.05. The van der Waals surface area contributed by atoms with Crippen LogP contribution in [0.4, 0.5) is 0 Å². The number of H-pyrrole nitrogens is 1. The molecule has 1 amide bonds. The van der Waals surface area contributed by atoms with Gasteiger partial charge in [-0.15, -0.1) is 0 Å². The minimum Gasteiger partial charge on any atom is -0.488 e. The largest absolute Gasteiger partial charge is 0.488 e. The third kappa shape index (κ3) is 4.60. The number of carbonyl (C=O) groups excluding carboxylic acids is 1. The van der Waals surface area contributed by atoms with E-state index in [0.717, 1.165) is 12.8 Å². The lowest BCUT2D eigenvalue weighted by Gasteiger charge is -2.11. The first-order chi connectivity index (χ1) is 10.1. The van der Waals surface area contributed by atoms with Crippen molar-refractivity contribution in [2.24, 2.45) is 5.92 Å². The molecule has 21 heavy (non-hydrogen) atoms. The number of pyridine rings is 1. The summed E-state index contributed by atoms with van der Waals surface area (Å²) < 4.78 is 10.7. The molecule has 116 valence electrons. The summed E-state index contributed by atoms with van der Waals surface area (Å²) >= 11 is 0. The predicted molar refractivity (Wildman–Crippen MR) is 78.2 cm³/mol. The van der Waals surface area contributed by atoms with Crippen LogP contribution < -0.4 is 15.5 Å². The first kappa shape index (κ1) is 15.6. The van der Waals surface area contributed by atoms with E-state index in [1.807, 2.05) is 13.8 Å². The lowest BCUT2D eigenvalue weighted by Crippen LogP contribution is -2.34. The highest BCUT2D eigenvalue weighted by Gasteiger charge is 2.23. The molecule has 6 nitrogen and oxygen atoms in total. The van der Waals surface area contributed by atoms with Gasteiger partial charge in [-0.25, -0.2) is 0 Å². The number of amides is 1. The van der Waals surface area contributed by atoms with Crippen molar-refractivity contribution in [3.05, 3.63) is 28.2 Å². The molecular formula is C15H22N2O4. The molecule has 1 unspecified atom stereocenters. The third-order valence-corrected chi connectivity index (χ3v) is 3.18. The lowest BCUT2D eigenvalue weighted by atomic mass is 10.2. The van der Waals surface area contributed by atoms with Crippen molar-refractivity contribution in [3.8, 4) is 5.75 Å². The minimum absolute atomic E-state index is 0.131. The standard InChI is InChI=1S/C15H22N2O4/c1-10(2)9-21-14-8-16-11(6-12(14)18)7-17-15(19)13-4-3-5-20-13/h6,8,10,13H,3-5,7,9H2,1-2H3,(H,16,18)(H,17,19). The Hall–Kier alpha value is -1.82. The number of rotatable bonds is 6.